The number of halogens is 6. The number of hydrogen-bond acceptors (Lipinski definition) is 3. The Hall–Kier alpha value is -2.00. The topological polar surface area (TPSA) is 69.2 Å². The number of nitro benzene ring substituents is 1. The minimum Gasteiger partial charge on any atom is -0.399 e. The van der Waals surface area contributed by atoms with Crippen LogP contribution < -0.4 is 5.73 Å². The Morgan fingerprint density at radius 1 is 1.00 bits per heavy atom. The summed E-state index contributed by atoms with van der Waals surface area (Å²) >= 11 is 0. The van der Waals surface area contributed by atoms with Crippen molar-refractivity contribution < 1.29 is 31.3 Å². The van der Waals surface area contributed by atoms with Gasteiger partial charge in [-0.1, -0.05) is 0 Å². The van der Waals surface area contributed by atoms with Crippen LogP contribution in [-0.4, -0.2) is 4.92 Å². The van der Waals surface area contributed by atoms with Crippen LogP contribution in [0, 0.1) is 10.1 Å². The first-order chi connectivity index (χ1) is 7.94. The standard InChI is InChI=1S/C8H4F6N2O2/c9-7(10,11)4-1-3(15)2-5(8(12,13)14)6(4)16(17)18/h1-2H,15H2. The Labute approximate surface area is 95.1 Å². The number of nitro groups is 1. The quantitative estimate of drug-likeness (QED) is 0.370. The second kappa shape index (κ2) is 4.03. The van der Waals surface area contributed by atoms with E-state index in [1.807, 2.05) is 0 Å². The van der Waals surface area contributed by atoms with Crippen molar-refractivity contribution in [1.82, 2.24) is 0 Å². The van der Waals surface area contributed by atoms with Crippen LogP contribution in [0.15, 0.2) is 12.1 Å². The van der Waals surface area contributed by atoms with Gasteiger partial charge in [0.15, 0.2) is 0 Å². The molecule has 0 aromatic heterocycles. The number of rotatable bonds is 1. The van der Waals surface area contributed by atoms with Crippen LogP contribution in [0.25, 0.3) is 0 Å². The Bertz CT molecular complexity index is 458. The van der Waals surface area contributed by atoms with Gasteiger partial charge >= 0.3 is 12.4 Å². The van der Waals surface area contributed by atoms with Crippen LogP contribution >= 0.6 is 0 Å². The van der Waals surface area contributed by atoms with Gasteiger partial charge in [-0.2, -0.15) is 26.3 Å². The molecule has 0 spiro atoms. The molecule has 0 saturated carbocycles. The van der Waals surface area contributed by atoms with Crippen molar-refractivity contribution in [2.45, 2.75) is 12.4 Å². The van der Waals surface area contributed by atoms with Crippen LogP contribution in [0.5, 0.6) is 0 Å². The fraction of sp³-hybridized carbons (Fsp3) is 0.250. The predicted octanol–water partition coefficient (Wildman–Crippen LogP) is 3.21. The Kier molecular flexibility index (Phi) is 3.15. The van der Waals surface area contributed by atoms with Gasteiger partial charge in [0, 0.05) is 5.69 Å². The van der Waals surface area contributed by atoms with Crippen LogP contribution in [0.3, 0.4) is 0 Å². The Morgan fingerprint density at radius 2 is 1.33 bits per heavy atom. The summed E-state index contributed by atoms with van der Waals surface area (Å²) in [5.41, 5.74) is -2.07. The third-order valence-corrected chi connectivity index (χ3v) is 1.93. The van der Waals surface area contributed by atoms with Crippen molar-refractivity contribution in [3.8, 4) is 0 Å². The summed E-state index contributed by atoms with van der Waals surface area (Å²) < 4.78 is 74.6. The Morgan fingerprint density at radius 3 is 1.56 bits per heavy atom. The van der Waals surface area contributed by atoms with Gasteiger partial charge in [0.2, 0.25) is 0 Å². The van der Waals surface area contributed by atoms with Gasteiger partial charge in [0.05, 0.1) is 4.92 Å². The molecule has 0 saturated heterocycles. The van der Waals surface area contributed by atoms with Crippen LogP contribution in [-0.2, 0) is 12.4 Å². The lowest BCUT2D eigenvalue weighted by molar-refractivity contribution is -0.391. The zero-order chi connectivity index (χ0) is 14.3. The molecule has 18 heavy (non-hydrogen) atoms. The average Bonchev–Trinajstić information content (AvgIpc) is 2.12. The number of nitrogens with zero attached hydrogens (tertiary/aromatic N) is 1. The number of nitrogen functional groups attached to an aromatic ring is 1. The molecule has 1 rings (SSSR count). The zero-order valence-corrected chi connectivity index (χ0v) is 8.26. The first-order valence-electron chi connectivity index (χ1n) is 4.17. The molecule has 1 aromatic rings. The van der Waals surface area contributed by atoms with Crippen molar-refractivity contribution in [1.29, 1.82) is 0 Å². The van der Waals surface area contributed by atoms with Crippen molar-refractivity contribution >= 4 is 11.4 Å². The fourth-order valence-corrected chi connectivity index (χ4v) is 1.29. The first-order valence-corrected chi connectivity index (χ1v) is 4.17. The molecule has 4 nitrogen and oxygen atoms in total. The predicted molar refractivity (Wildman–Crippen MR) is 47.5 cm³/mol. The van der Waals surface area contributed by atoms with Gasteiger partial charge in [-0.3, -0.25) is 10.1 Å². The molecule has 2 N–H and O–H groups in total. The number of anilines is 1. The summed E-state index contributed by atoms with van der Waals surface area (Å²) in [6, 6.07) is 0.181. The molecular weight excluding hydrogens is 270 g/mol. The normalized spacial score (nSPS) is 12.6. The van der Waals surface area contributed by atoms with E-state index in [2.05, 4.69) is 0 Å². The van der Waals surface area contributed by atoms with Crippen LogP contribution in [0.1, 0.15) is 11.1 Å². The van der Waals surface area contributed by atoms with Crippen molar-refractivity contribution in [2.24, 2.45) is 0 Å². The van der Waals surface area contributed by atoms with E-state index < -0.39 is 39.8 Å². The van der Waals surface area contributed by atoms with Gasteiger partial charge in [-0.25, -0.2) is 0 Å². The molecule has 1 aromatic carbocycles. The zero-order valence-electron chi connectivity index (χ0n) is 8.26. The number of alkyl halides is 6. The van der Waals surface area contributed by atoms with Gasteiger partial charge < -0.3 is 5.73 Å². The second-order valence-electron chi connectivity index (χ2n) is 3.22. The number of benzene rings is 1. The van der Waals surface area contributed by atoms with E-state index in [0.29, 0.717) is 0 Å². The molecular formula is C8H4F6N2O2. The van der Waals surface area contributed by atoms with E-state index in [9.17, 15) is 36.5 Å². The second-order valence-corrected chi connectivity index (χ2v) is 3.22. The molecule has 0 aliphatic carbocycles. The lowest BCUT2D eigenvalue weighted by Gasteiger charge is -2.13. The number of hydrogen-bond donors (Lipinski definition) is 1. The Balaban J connectivity index is 3.74. The fourth-order valence-electron chi connectivity index (χ4n) is 1.29. The molecule has 0 aliphatic heterocycles. The van der Waals surface area contributed by atoms with Crippen LogP contribution in [0.2, 0.25) is 0 Å². The smallest absolute Gasteiger partial charge is 0.399 e. The minimum absolute atomic E-state index is 0.0906. The summed E-state index contributed by atoms with van der Waals surface area (Å²) in [6.07, 6.45) is -10.6. The molecule has 0 heterocycles. The molecule has 100 valence electrons. The van der Waals surface area contributed by atoms with Gasteiger partial charge in [-0.05, 0) is 12.1 Å². The highest BCUT2D eigenvalue weighted by Crippen LogP contribution is 2.44. The molecule has 0 amide bonds. The molecule has 0 fully saturated rings. The first kappa shape index (κ1) is 14.1. The third-order valence-electron chi connectivity index (χ3n) is 1.93. The summed E-state index contributed by atoms with van der Waals surface area (Å²) in [6.45, 7) is 0. The molecule has 0 atom stereocenters. The molecule has 0 unspecified atom stereocenters. The maximum atomic E-state index is 12.4. The summed E-state index contributed by atoms with van der Waals surface area (Å²) in [4.78, 5) is 8.68. The maximum absolute atomic E-state index is 12.4. The third kappa shape index (κ3) is 2.63. The monoisotopic (exact) mass is 274 g/mol. The highest BCUT2D eigenvalue weighted by Gasteiger charge is 2.46. The largest absolute Gasteiger partial charge is 0.423 e. The summed E-state index contributed by atoms with van der Waals surface area (Å²) in [7, 11) is 0. The van der Waals surface area contributed by atoms with Gasteiger partial charge in [0.25, 0.3) is 5.69 Å². The van der Waals surface area contributed by atoms with E-state index >= 15 is 0 Å². The summed E-state index contributed by atoms with van der Waals surface area (Å²) in [5, 5.41) is 10.4. The maximum Gasteiger partial charge on any atom is 0.423 e. The highest BCUT2D eigenvalue weighted by molar-refractivity contribution is 5.59. The van der Waals surface area contributed by atoms with E-state index in [4.69, 9.17) is 5.73 Å². The highest BCUT2D eigenvalue weighted by atomic mass is 19.4. The van der Waals surface area contributed by atoms with Gasteiger partial charge in [0.1, 0.15) is 11.1 Å². The van der Waals surface area contributed by atoms with Crippen molar-refractivity contribution in [3.63, 3.8) is 0 Å². The molecule has 0 radical (unpaired) electrons. The van der Waals surface area contributed by atoms with E-state index in [0.717, 1.165) is 0 Å². The van der Waals surface area contributed by atoms with Gasteiger partial charge in [-0.15, -0.1) is 0 Å². The van der Waals surface area contributed by atoms with Crippen molar-refractivity contribution in [3.05, 3.63) is 33.4 Å². The lowest BCUT2D eigenvalue weighted by Crippen LogP contribution is -2.16. The van der Waals surface area contributed by atoms with Crippen molar-refractivity contribution in [2.75, 3.05) is 5.73 Å². The minimum atomic E-state index is -5.31. The molecule has 0 bridgehead atoms. The average molecular weight is 274 g/mol. The molecule has 0 aliphatic rings. The van der Waals surface area contributed by atoms with E-state index in [1.54, 1.807) is 0 Å². The SMILES string of the molecule is Nc1cc(C(F)(F)F)c([N+](=O)[O-])c(C(F)(F)F)c1. The van der Waals surface area contributed by atoms with Crippen LogP contribution in [0.4, 0.5) is 37.7 Å². The molecule has 10 heteroatoms. The van der Waals surface area contributed by atoms with E-state index in [1.165, 1.54) is 0 Å². The number of nitrogens with two attached hydrogens (primary N) is 1. The lowest BCUT2D eigenvalue weighted by atomic mass is 10.0. The van der Waals surface area contributed by atoms with E-state index in [-0.39, 0.29) is 12.1 Å². The summed E-state index contributed by atoms with van der Waals surface area (Å²) in [5.74, 6) is 0.